The topological polar surface area (TPSA) is 54.3 Å². The first-order chi connectivity index (χ1) is 12.5. The lowest BCUT2D eigenvalue weighted by atomic mass is 10.1. The summed E-state index contributed by atoms with van der Waals surface area (Å²) >= 11 is 1.65. The van der Waals surface area contributed by atoms with Gasteiger partial charge in [0, 0.05) is 19.6 Å². The highest BCUT2D eigenvalue weighted by Crippen LogP contribution is 2.20. The molecule has 0 saturated carbocycles. The van der Waals surface area contributed by atoms with Crippen molar-refractivity contribution in [2.24, 2.45) is 0 Å². The van der Waals surface area contributed by atoms with Crippen molar-refractivity contribution in [2.45, 2.75) is 19.5 Å². The maximum atomic E-state index is 12.5. The summed E-state index contributed by atoms with van der Waals surface area (Å²) in [5.41, 5.74) is 3.29. The van der Waals surface area contributed by atoms with E-state index < -0.39 is 0 Å². The van der Waals surface area contributed by atoms with Crippen molar-refractivity contribution < 1.29 is 4.79 Å². The van der Waals surface area contributed by atoms with Gasteiger partial charge in [0.25, 0.3) is 0 Å². The summed E-state index contributed by atoms with van der Waals surface area (Å²) in [5.74, 6) is 0.116. The van der Waals surface area contributed by atoms with Gasteiger partial charge in [0.05, 0.1) is 12.2 Å². The monoisotopic (exact) mass is 369 g/mol. The Kier molecular flexibility index (Phi) is 5.80. The molecule has 136 valence electrons. The number of hydrogen-bond acceptors (Lipinski definition) is 5. The molecule has 0 aliphatic heterocycles. The lowest BCUT2D eigenvalue weighted by molar-refractivity contribution is -0.131. The molecule has 0 fully saturated rings. The summed E-state index contributed by atoms with van der Waals surface area (Å²) in [4.78, 5) is 20.3. The van der Waals surface area contributed by atoms with E-state index in [2.05, 4.69) is 45.5 Å². The Morgan fingerprint density at radius 2 is 2.00 bits per heavy atom. The lowest BCUT2D eigenvalue weighted by Gasteiger charge is -2.27. The summed E-state index contributed by atoms with van der Waals surface area (Å²) in [5, 5.41) is 8.24. The first-order valence-electron chi connectivity index (χ1n) is 8.45. The van der Waals surface area contributed by atoms with Gasteiger partial charge in [0.1, 0.15) is 12.7 Å². The molecule has 3 rings (SSSR count). The number of hydrogen-bond donors (Lipinski definition) is 0. The average molecular weight is 369 g/mol. The molecule has 0 saturated heterocycles. The van der Waals surface area contributed by atoms with Crippen LogP contribution in [0.3, 0.4) is 0 Å². The van der Waals surface area contributed by atoms with E-state index in [0.717, 1.165) is 11.3 Å². The molecule has 1 aromatic carbocycles. The van der Waals surface area contributed by atoms with Crippen LogP contribution in [0.2, 0.25) is 0 Å². The highest BCUT2D eigenvalue weighted by molar-refractivity contribution is 7.07. The molecule has 0 bridgehead atoms. The van der Waals surface area contributed by atoms with E-state index in [-0.39, 0.29) is 11.9 Å². The number of thiophene rings is 1. The Bertz CT molecular complexity index is 814. The average Bonchev–Trinajstić information content (AvgIpc) is 3.35. The van der Waals surface area contributed by atoms with Gasteiger partial charge >= 0.3 is 0 Å². The Hall–Kier alpha value is -2.51. The van der Waals surface area contributed by atoms with Gasteiger partial charge in [0.2, 0.25) is 5.91 Å². The zero-order valence-corrected chi connectivity index (χ0v) is 16.1. The number of nitrogens with zero attached hydrogens (tertiary/aromatic N) is 5. The minimum atomic E-state index is 0.116. The molecule has 2 aromatic heterocycles. The molecule has 1 amide bonds. The predicted molar refractivity (Wildman–Crippen MR) is 103 cm³/mol. The lowest BCUT2D eigenvalue weighted by Crippen LogP contribution is -2.37. The summed E-state index contributed by atoms with van der Waals surface area (Å²) < 4.78 is 1.72. The summed E-state index contributed by atoms with van der Waals surface area (Å²) in [7, 11) is 3.83. The molecule has 0 spiro atoms. The number of carbonyl (C=O) groups is 1. The van der Waals surface area contributed by atoms with Crippen LogP contribution in [0.25, 0.3) is 5.69 Å². The SMILES string of the molecule is C[C@@H](c1ccc(-n2cncn2)cc1)N(C)CC(=O)N(C)Cc1ccsc1. The summed E-state index contributed by atoms with van der Waals surface area (Å²) in [6.07, 6.45) is 3.19. The van der Waals surface area contributed by atoms with Crippen molar-refractivity contribution in [3.8, 4) is 5.69 Å². The van der Waals surface area contributed by atoms with Crippen LogP contribution >= 0.6 is 11.3 Å². The molecule has 6 nitrogen and oxygen atoms in total. The molecule has 0 aliphatic rings. The third-order valence-corrected chi connectivity index (χ3v) is 5.26. The quantitative estimate of drug-likeness (QED) is 0.642. The van der Waals surface area contributed by atoms with Crippen LogP contribution < -0.4 is 0 Å². The number of rotatable bonds is 7. The summed E-state index contributed by atoms with van der Waals surface area (Å²) in [6, 6.07) is 10.4. The molecule has 3 aromatic rings. The standard InChI is InChI=1S/C19H23N5OS/c1-15(17-4-6-18(7-5-17)24-14-20-13-21-24)22(2)11-19(25)23(3)10-16-8-9-26-12-16/h4-9,12-15H,10-11H2,1-3H3/t15-/m0/s1. The van der Waals surface area contributed by atoms with Crippen LogP contribution in [0.1, 0.15) is 24.1 Å². The highest BCUT2D eigenvalue weighted by atomic mass is 32.1. The first kappa shape index (κ1) is 18.3. The van der Waals surface area contributed by atoms with E-state index in [0.29, 0.717) is 13.1 Å². The van der Waals surface area contributed by atoms with Gasteiger partial charge in [-0.25, -0.2) is 9.67 Å². The Morgan fingerprint density at radius 3 is 2.62 bits per heavy atom. The van der Waals surface area contributed by atoms with Crippen LogP contribution in [0.15, 0.2) is 53.7 Å². The van der Waals surface area contributed by atoms with Gasteiger partial charge in [-0.2, -0.15) is 16.4 Å². The van der Waals surface area contributed by atoms with E-state index in [4.69, 9.17) is 0 Å². The predicted octanol–water partition coefficient (Wildman–Crippen LogP) is 2.98. The van der Waals surface area contributed by atoms with E-state index in [9.17, 15) is 4.79 Å². The molecule has 0 aliphatic carbocycles. The van der Waals surface area contributed by atoms with Crippen molar-refractivity contribution in [2.75, 3.05) is 20.6 Å². The van der Waals surface area contributed by atoms with Gasteiger partial charge in [-0.15, -0.1) is 0 Å². The van der Waals surface area contributed by atoms with Crippen LogP contribution in [0, 0.1) is 0 Å². The molecule has 2 heterocycles. The number of amides is 1. The molecule has 0 radical (unpaired) electrons. The van der Waals surface area contributed by atoms with E-state index in [1.54, 1.807) is 27.2 Å². The van der Waals surface area contributed by atoms with E-state index in [1.807, 2.05) is 31.6 Å². The third-order valence-electron chi connectivity index (χ3n) is 4.53. The number of carbonyl (C=O) groups excluding carboxylic acids is 1. The third kappa shape index (κ3) is 4.36. The van der Waals surface area contributed by atoms with Gasteiger partial charge in [-0.05, 0) is 54.1 Å². The maximum absolute atomic E-state index is 12.5. The van der Waals surface area contributed by atoms with Crippen molar-refractivity contribution >= 4 is 17.2 Å². The minimum Gasteiger partial charge on any atom is -0.340 e. The second-order valence-electron chi connectivity index (χ2n) is 6.40. The fourth-order valence-electron chi connectivity index (χ4n) is 2.72. The van der Waals surface area contributed by atoms with Crippen LogP contribution in [-0.2, 0) is 11.3 Å². The molecular weight excluding hydrogens is 346 g/mol. The van der Waals surface area contributed by atoms with E-state index >= 15 is 0 Å². The zero-order valence-electron chi connectivity index (χ0n) is 15.2. The fraction of sp³-hybridized carbons (Fsp3) is 0.316. The molecular formula is C19H23N5OS. The second kappa shape index (κ2) is 8.25. The van der Waals surface area contributed by atoms with Crippen molar-refractivity contribution in [1.29, 1.82) is 0 Å². The van der Waals surface area contributed by atoms with Gasteiger partial charge in [0.15, 0.2) is 0 Å². The molecule has 0 N–H and O–H groups in total. The van der Waals surface area contributed by atoms with Crippen LogP contribution in [-0.4, -0.2) is 51.1 Å². The zero-order chi connectivity index (χ0) is 18.5. The number of aromatic nitrogens is 3. The first-order valence-corrected chi connectivity index (χ1v) is 9.39. The van der Waals surface area contributed by atoms with Gasteiger partial charge in [-0.1, -0.05) is 12.1 Å². The molecule has 26 heavy (non-hydrogen) atoms. The minimum absolute atomic E-state index is 0.116. The van der Waals surface area contributed by atoms with E-state index in [1.165, 1.54) is 11.9 Å². The van der Waals surface area contributed by atoms with Crippen LogP contribution in [0.4, 0.5) is 0 Å². The van der Waals surface area contributed by atoms with Gasteiger partial charge < -0.3 is 4.90 Å². The normalized spacial score (nSPS) is 12.3. The fourth-order valence-corrected chi connectivity index (χ4v) is 3.38. The maximum Gasteiger partial charge on any atom is 0.236 e. The highest BCUT2D eigenvalue weighted by Gasteiger charge is 2.17. The van der Waals surface area contributed by atoms with Crippen LogP contribution in [0.5, 0.6) is 0 Å². The van der Waals surface area contributed by atoms with Gasteiger partial charge in [-0.3, -0.25) is 9.69 Å². The summed E-state index contributed by atoms with van der Waals surface area (Å²) in [6.45, 7) is 3.14. The molecule has 0 unspecified atom stereocenters. The Balaban J connectivity index is 1.58. The largest absolute Gasteiger partial charge is 0.340 e. The van der Waals surface area contributed by atoms with Crippen molar-refractivity contribution in [1.82, 2.24) is 24.6 Å². The Labute approximate surface area is 157 Å². The van der Waals surface area contributed by atoms with Crippen molar-refractivity contribution in [3.05, 3.63) is 64.9 Å². The molecule has 7 heteroatoms. The van der Waals surface area contributed by atoms with Crippen molar-refractivity contribution in [3.63, 3.8) is 0 Å². The second-order valence-corrected chi connectivity index (χ2v) is 7.18. The Morgan fingerprint density at radius 1 is 1.23 bits per heavy atom. The molecule has 1 atom stereocenters. The number of benzene rings is 1. The number of likely N-dealkylation sites (N-methyl/N-ethyl adjacent to an activating group) is 2. The smallest absolute Gasteiger partial charge is 0.236 e.